The summed E-state index contributed by atoms with van der Waals surface area (Å²) in [6.07, 6.45) is 14.8. The summed E-state index contributed by atoms with van der Waals surface area (Å²) in [5.41, 5.74) is 0. The molecular formula is C24H40O8. The van der Waals surface area contributed by atoms with Gasteiger partial charge in [-0.15, -0.1) is 0 Å². The maximum absolute atomic E-state index is 11.7. The van der Waals surface area contributed by atoms with Crippen LogP contribution in [-0.2, 0) is 28.7 Å². The molecule has 2 fully saturated rings. The average Bonchev–Trinajstić information content (AvgIpc) is 2.76. The molecule has 0 heterocycles. The van der Waals surface area contributed by atoms with Crippen LogP contribution in [0, 0.1) is 0 Å². The Hall–Kier alpha value is -2.12. The largest absolute Gasteiger partial charge is 0.481 e. The number of carbonyl (C=O) groups excluding carboxylic acids is 2. The van der Waals surface area contributed by atoms with Gasteiger partial charge in [0.1, 0.15) is 12.2 Å². The summed E-state index contributed by atoms with van der Waals surface area (Å²) >= 11 is 0. The van der Waals surface area contributed by atoms with Crippen molar-refractivity contribution in [2.24, 2.45) is 0 Å². The zero-order valence-electron chi connectivity index (χ0n) is 19.2. The summed E-state index contributed by atoms with van der Waals surface area (Å²) in [6, 6.07) is 0. The van der Waals surface area contributed by atoms with Crippen molar-refractivity contribution in [2.75, 3.05) is 0 Å². The summed E-state index contributed by atoms with van der Waals surface area (Å²) in [6.45, 7) is 0. The number of aliphatic carboxylic acids is 2. The van der Waals surface area contributed by atoms with E-state index >= 15 is 0 Å². The predicted octanol–water partition coefficient (Wildman–Crippen LogP) is 5.01. The van der Waals surface area contributed by atoms with Crippen LogP contribution in [0.15, 0.2) is 0 Å². The highest BCUT2D eigenvalue weighted by atomic mass is 16.5. The molecule has 2 saturated carbocycles. The second-order valence-electron chi connectivity index (χ2n) is 8.70. The van der Waals surface area contributed by atoms with Crippen LogP contribution in [0.25, 0.3) is 0 Å². The molecule has 0 saturated heterocycles. The van der Waals surface area contributed by atoms with Crippen LogP contribution in [-0.4, -0.2) is 46.3 Å². The normalized spacial score (nSPS) is 17.0. The van der Waals surface area contributed by atoms with E-state index in [1.165, 1.54) is 38.5 Å². The predicted molar refractivity (Wildman–Crippen MR) is 118 cm³/mol. The summed E-state index contributed by atoms with van der Waals surface area (Å²) in [7, 11) is 0. The molecule has 0 radical (unpaired) electrons. The number of carbonyl (C=O) groups is 4. The van der Waals surface area contributed by atoms with Crippen molar-refractivity contribution in [1.82, 2.24) is 0 Å². The van der Waals surface area contributed by atoms with Gasteiger partial charge < -0.3 is 19.7 Å². The molecule has 184 valence electrons. The first-order valence-electron chi connectivity index (χ1n) is 12.2. The molecule has 0 bridgehead atoms. The first-order valence-corrected chi connectivity index (χ1v) is 12.2. The van der Waals surface area contributed by atoms with Gasteiger partial charge in [-0.1, -0.05) is 12.8 Å². The van der Waals surface area contributed by atoms with Crippen molar-refractivity contribution in [1.29, 1.82) is 0 Å². The van der Waals surface area contributed by atoms with E-state index in [1.54, 1.807) is 0 Å². The molecular weight excluding hydrogens is 416 g/mol. The number of carboxylic acid groups (broad SMARTS) is 2. The summed E-state index contributed by atoms with van der Waals surface area (Å²) < 4.78 is 10.9. The second-order valence-corrected chi connectivity index (χ2v) is 8.70. The van der Waals surface area contributed by atoms with Gasteiger partial charge >= 0.3 is 23.9 Å². The van der Waals surface area contributed by atoms with E-state index in [0.717, 1.165) is 25.7 Å². The molecule has 2 N–H and O–H groups in total. The Kier molecular flexibility index (Phi) is 15.2. The topological polar surface area (TPSA) is 127 Å². The molecule has 0 aliphatic heterocycles. The smallest absolute Gasteiger partial charge is 0.306 e. The van der Waals surface area contributed by atoms with Gasteiger partial charge in [0.15, 0.2) is 0 Å². The van der Waals surface area contributed by atoms with Crippen LogP contribution >= 0.6 is 0 Å². The maximum Gasteiger partial charge on any atom is 0.306 e. The van der Waals surface area contributed by atoms with E-state index in [4.69, 9.17) is 19.7 Å². The lowest BCUT2D eigenvalue weighted by Gasteiger charge is -2.22. The van der Waals surface area contributed by atoms with Crippen molar-refractivity contribution in [2.45, 2.75) is 128 Å². The number of esters is 2. The highest BCUT2D eigenvalue weighted by Crippen LogP contribution is 2.22. The molecule has 8 heteroatoms. The zero-order chi connectivity index (χ0) is 23.6. The van der Waals surface area contributed by atoms with E-state index in [9.17, 15) is 19.2 Å². The molecule has 0 unspecified atom stereocenters. The van der Waals surface area contributed by atoms with Crippen molar-refractivity contribution in [3.05, 3.63) is 0 Å². The average molecular weight is 457 g/mol. The maximum atomic E-state index is 11.7. The molecule has 2 aliphatic rings. The van der Waals surface area contributed by atoms with Gasteiger partial charge in [-0.25, -0.2) is 0 Å². The van der Waals surface area contributed by atoms with Crippen LogP contribution in [0.3, 0.4) is 0 Å². The van der Waals surface area contributed by atoms with Crippen molar-refractivity contribution >= 4 is 23.9 Å². The summed E-state index contributed by atoms with van der Waals surface area (Å²) in [5.74, 6) is -1.95. The molecule has 2 aliphatic carbocycles. The molecule has 0 aromatic carbocycles. The molecule has 8 nitrogen and oxygen atoms in total. The Labute approximate surface area is 191 Å². The van der Waals surface area contributed by atoms with Crippen molar-refractivity contribution in [3.63, 3.8) is 0 Å². The van der Waals surface area contributed by atoms with E-state index in [1.807, 2.05) is 0 Å². The SMILES string of the molecule is O=C(CCCCC(=O)OC1CCCCC1)OC1CCCCC1.O=C(O)CCCCC(=O)O. The van der Waals surface area contributed by atoms with E-state index in [0.29, 0.717) is 38.5 Å². The van der Waals surface area contributed by atoms with Gasteiger partial charge in [0.05, 0.1) is 0 Å². The Morgan fingerprint density at radius 3 is 1.16 bits per heavy atom. The fourth-order valence-corrected chi connectivity index (χ4v) is 3.95. The van der Waals surface area contributed by atoms with Crippen molar-refractivity contribution in [3.8, 4) is 0 Å². The van der Waals surface area contributed by atoms with E-state index in [2.05, 4.69) is 0 Å². The van der Waals surface area contributed by atoms with Crippen LogP contribution in [0.1, 0.15) is 116 Å². The standard InChI is InChI=1S/C18H30O4.C6H10O4/c19-17(21-15-9-3-1-4-10-15)13-7-8-14-18(20)22-16-11-5-2-6-12-16;7-5(8)3-1-2-4-6(9)10/h15-16H,1-14H2;1-4H2,(H,7,8)(H,9,10). The van der Waals surface area contributed by atoms with Crippen LogP contribution in [0.4, 0.5) is 0 Å². The van der Waals surface area contributed by atoms with E-state index in [-0.39, 0.29) is 37.0 Å². The highest BCUT2D eigenvalue weighted by molar-refractivity contribution is 5.71. The Morgan fingerprint density at radius 2 is 0.844 bits per heavy atom. The minimum Gasteiger partial charge on any atom is -0.481 e. The second kappa shape index (κ2) is 17.4. The fourth-order valence-electron chi connectivity index (χ4n) is 3.95. The third-order valence-corrected chi connectivity index (χ3v) is 5.74. The first-order chi connectivity index (χ1) is 15.4. The van der Waals surface area contributed by atoms with Crippen LogP contribution in [0.5, 0.6) is 0 Å². The van der Waals surface area contributed by atoms with Gasteiger partial charge in [0.25, 0.3) is 0 Å². The lowest BCUT2D eigenvalue weighted by Crippen LogP contribution is -2.21. The summed E-state index contributed by atoms with van der Waals surface area (Å²) in [5, 5.41) is 16.3. The van der Waals surface area contributed by atoms with Crippen LogP contribution in [0.2, 0.25) is 0 Å². The summed E-state index contributed by atoms with van der Waals surface area (Å²) in [4.78, 5) is 43.3. The number of hydrogen-bond acceptors (Lipinski definition) is 6. The minimum absolute atomic E-state index is 0.0628. The van der Waals surface area contributed by atoms with Crippen LogP contribution < -0.4 is 0 Å². The van der Waals surface area contributed by atoms with Gasteiger partial charge in [0.2, 0.25) is 0 Å². The zero-order valence-corrected chi connectivity index (χ0v) is 19.2. The van der Waals surface area contributed by atoms with Gasteiger partial charge in [-0.05, 0) is 77.0 Å². The number of hydrogen-bond donors (Lipinski definition) is 2. The molecule has 0 aromatic rings. The first kappa shape index (κ1) is 27.9. The number of carboxylic acids is 2. The van der Waals surface area contributed by atoms with Gasteiger partial charge in [-0.3, -0.25) is 19.2 Å². The monoisotopic (exact) mass is 456 g/mol. The molecule has 0 atom stereocenters. The Morgan fingerprint density at radius 1 is 0.531 bits per heavy atom. The lowest BCUT2D eigenvalue weighted by atomic mass is 9.98. The Balaban J connectivity index is 0.000000433. The minimum atomic E-state index is -0.870. The van der Waals surface area contributed by atoms with E-state index < -0.39 is 11.9 Å². The molecule has 0 spiro atoms. The quantitative estimate of drug-likeness (QED) is 0.310. The lowest BCUT2D eigenvalue weighted by molar-refractivity contribution is -0.152. The fraction of sp³-hybridized carbons (Fsp3) is 0.833. The van der Waals surface area contributed by atoms with Crippen molar-refractivity contribution < 1.29 is 38.9 Å². The molecule has 32 heavy (non-hydrogen) atoms. The highest BCUT2D eigenvalue weighted by Gasteiger charge is 2.19. The molecule has 2 rings (SSSR count). The third kappa shape index (κ3) is 15.6. The van der Waals surface area contributed by atoms with Gasteiger partial charge in [-0.2, -0.15) is 0 Å². The Bertz CT molecular complexity index is 512. The molecule has 0 amide bonds. The molecule has 0 aromatic heterocycles. The third-order valence-electron chi connectivity index (χ3n) is 5.74. The number of rotatable bonds is 12. The van der Waals surface area contributed by atoms with Gasteiger partial charge in [0, 0.05) is 25.7 Å². The number of unbranched alkanes of at least 4 members (excludes halogenated alkanes) is 2. The number of ether oxygens (including phenoxy) is 2.